The van der Waals surface area contributed by atoms with Crippen LogP contribution in [-0.4, -0.2) is 51.6 Å². The van der Waals surface area contributed by atoms with Gasteiger partial charge in [-0.2, -0.15) is 13.2 Å². The van der Waals surface area contributed by atoms with Crippen LogP contribution in [0.5, 0.6) is 0 Å². The number of imidazole rings is 1. The Labute approximate surface area is 185 Å². The Kier molecular flexibility index (Phi) is 5.63. The van der Waals surface area contributed by atoms with E-state index in [0.717, 1.165) is 12.1 Å². The van der Waals surface area contributed by atoms with Gasteiger partial charge in [-0.05, 0) is 30.7 Å². The third kappa shape index (κ3) is 4.05. The molecule has 1 aliphatic heterocycles. The molecule has 12 heteroatoms. The van der Waals surface area contributed by atoms with Gasteiger partial charge in [0.25, 0.3) is 5.91 Å². The molecule has 0 radical (unpaired) electrons. The van der Waals surface area contributed by atoms with Gasteiger partial charge in [-0.25, -0.2) is 9.97 Å². The van der Waals surface area contributed by atoms with Crippen molar-refractivity contribution in [2.24, 2.45) is 5.73 Å². The first-order valence-electron chi connectivity index (χ1n) is 9.76. The molecule has 4 N–H and O–H groups in total. The molecule has 1 aromatic carbocycles. The van der Waals surface area contributed by atoms with E-state index in [9.17, 15) is 23.1 Å². The number of aliphatic hydroxyl groups excluding tert-OH is 1. The molecular weight excluding hydrogens is 449 g/mol. The summed E-state index contributed by atoms with van der Waals surface area (Å²) in [6.45, 7) is 3.32. The summed E-state index contributed by atoms with van der Waals surface area (Å²) in [7, 11) is 0. The van der Waals surface area contributed by atoms with E-state index in [-0.39, 0.29) is 29.2 Å². The fourth-order valence-electron chi connectivity index (χ4n) is 3.85. The molecule has 32 heavy (non-hydrogen) atoms. The predicted octanol–water partition coefficient (Wildman–Crippen LogP) is 2.94. The zero-order valence-electron chi connectivity index (χ0n) is 16.9. The highest BCUT2D eigenvalue weighted by atomic mass is 35.5. The molecule has 3 heterocycles. The first-order valence-corrected chi connectivity index (χ1v) is 10.1. The number of nitrogens with zero attached hydrogens (tertiary/aromatic N) is 4. The number of anilines is 2. The highest BCUT2D eigenvalue weighted by molar-refractivity contribution is 6.33. The second kappa shape index (κ2) is 8.14. The number of hydrogen-bond acceptors (Lipinski definition) is 6. The highest BCUT2D eigenvalue weighted by Gasteiger charge is 2.33. The third-order valence-electron chi connectivity index (χ3n) is 5.43. The molecule has 1 saturated heterocycles. The molecular formula is C20H20ClF3N6O2. The van der Waals surface area contributed by atoms with Crippen molar-refractivity contribution >= 4 is 40.3 Å². The van der Waals surface area contributed by atoms with Crippen LogP contribution < -0.4 is 15.5 Å². The molecule has 170 valence electrons. The standard InChI is InChI=1S/C20H20ClF3N6O2/c1-10-8-29(18-14(21)4-11(9-31)7-26-18)2-3-30(10)19-27-15-6-12(20(22,23)24)5-13(17(25)32)16(15)28-19/h4-7,10,31H,2-3,8-9H2,1H3,(H2,25,32)(H,27,28)/t10-/m1/s1. The van der Waals surface area contributed by atoms with Gasteiger partial charge in [0.05, 0.1) is 33.8 Å². The topological polar surface area (TPSA) is 111 Å². The fourth-order valence-corrected chi connectivity index (χ4v) is 4.16. The molecule has 1 amide bonds. The molecule has 0 spiro atoms. The minimum absolute atomic E-state index is 0.0163. The van der Waals surface area contributed by atoms with Crippen molar-refractivity contribution < 1.29 is 23.1 Å². The molecule has 8 nitrogen and oxygen atoms in total. The van der Waals surface area contributed by atoms with Crippen molar-refractivity contribution in [3.05, 3.63) is 46.1 Å². The quantitative estimate of drug-likeness (QED) is 0.543. The van der Waals surface area contributed by atoms with Gasteiger partial charge in [0, 0.05) is 31.9 Å². The number of piperazine rings is 1. The number of pyridine rings is 1. The lowest BCUT2D eigenvalue weighted by Gasteiger charge is -2.40. The Hall–Kier alpha value is -3.05. The summed E-state index contributed by atoms with van der Waals surface area (Å²) >= 11 is 6.31. The van der Waals surface area contributed by atoms with Crippen LogP contribution in [0.2, 0.25) is 5.02 Å². The van der Waals surface area contributed by atoms with Crippen molar-refractivity contribution in [1.29, 1.82) is 0 Å². The van der Waals surface area contributed by atoms with Crippen molar-refractivity contribution in [3.63, 3.8) is 0 Å². The summed E-state index contributed by atoms with van der Waals surface area (Å²) in [5.41, 5.74) is 4.86. The molecule has 0 saturated carbocycles. The Bertz CT molecular complexity index is 1180. The van der Waals surface area contributed by atoms with E-state index in [1.54, 1.807) is 12.3 Å². The number of aromatic nitrogens is 3. The van der Waals surface area contributed by atoms with Crippen LogP contribution in [0.3, 0.4) is 0 Å². The van der Waals surface area contributed by atoms with Gasteiger partial charge in [0.1, 0.15) is 5.82 Å². The van der Waals surface area contributed by atoms with E-state index < -0.39 is 17.6 Å². The minimum Gasteiger partial charge on any atom is -0.392 e. The van der Waals surface area contributed by atoms with Gasteiger partial charge < -0.3 is 25.6 Å². The number of H-pyrrole nitrogens is 1. The van der Waals surface area contributed by atoms with E-state index in [0.29, 0.717) is 42.0 Å². The number of nitrogens with one attached hydrogen (secondary N) is 1. The number of fused-ring (bicyclic) bond motifs is 1. The number of aliphatic hydroxyl groups is 1. The Balaban J connectivity index is 1.63. The maximum absolute atomic E-state index is 13.2. The van der Waals surface area contributed by atoms with Gasteiger partial charge in [0.2, 0.25) is 5.95 Å². The molecule has 1 fully saturated rings. The second-order valence-corrected chi connectivity index (χ2v) is 8.04. The van der Waals surface area contributed by atoms with Gasteiger partial charge in [-0.15, -0.1) is 0 Å². The number of amides is 1. The van der Waals surface area contributed by atoms with E-state index in [2.05, 4.69) is 15.0 Å². The lowest BCUT2D eigenvalue weighted by atomic mass is 10.1. The van der Waals surface area contributed by atoms with Gasteiger partial charge in [0.15, 0.2) is 0 Å². The van der Waals surface area contributed by atoms with E-state index in [1.165, 1.54) is 0 Å². The molecule has 0 unspecified atom stereocenters. The highest BCUT2D eigenvalue weighted by Crippen LogP contribution is 2.34. The van der Waals surface area contributed by atoms with Crippen LogP contribution in [0.1, 0.15) is 28.4 Å². The van der Waals surface area contributed by atoms with Crippen LogP contribution in [0.25, 0.3) is 11.0 Å². The second-order valence-electron chi connectivity index (χ2n) is 7.64. The van der Waals surface area contributed by atoms with Crippen LogP contribution in [-0.2, 0) is 12.8 Å². The van der Waals surface area contributed by atoms with Gasteiger partial charge in [-0.1, -0.05) is 11.6 Å². The number of rotatable bonds is 4. The van der Waals surface area contributed by atoms with Crippen LogP contribution >= 0.6 is 11.6 Å². The van der Waals surface area contributed by atoms with Crippen LogP contribution in [0.15, 0.2) is 24.4 Å². The predicted molar refractivity (Wildman–Crippen MR) is 114 cm³/mol. The zero-order valence-corrected chi connectivity index (χ0v) is 17.7. The number of aromatic amines is 1. The Morgan fingerprint density at radius 2 is 2.09 bits per heavy atom. The number of carbonyl (C=O) groups excluding carboxylic acids is 1. The van der Waals surface area contributed by atoms with E-state index >= 15 is 0 Å². The van der Waals surface area contributed by atoms with Crippen molar-refractivity contribution in [3.8, 4) is 0 Å². The number of primary amides is 1. The lowest BCUT2D eigenvalue weighted by Crippen LogP contribution is -2.52. The largest absolute Gasteiger partial charge is 0.416 e. The summed E-state index contributed by atoms with van der Waals surface area (Å²) in [5, 5.41) is 9.64. The smallest absolute Gasteiger partial charge is 0.392 e. The summed E-state index contributed by atoms with van der Waals surface area (Å²) < 4.78 is 39.7. The van der Waals surface area contributed by atoms with Gasteiger partial charge in [-0.3, -0.25) is 4.79 Å². The average Bonchev–Trinajstić information content (AvgIpc) is 3.15. The molecule has 2 aromatic heterocycles. The number of alkyl halides is 3. The van der Waals surface area contributed by atoms with E-state index in [4.69, 9.17) is 17.3 Å². The number of carbonyl (C=O) groups is 1. The summed E-state index contributed by atoms with van der Waals surface area (Å²) in [6.07, 6.45) is -3.07. The normalized spacial score (nSPS) is 17.2. The minimum atomic E-state index is -4.63. The number of nitrogens with two attached hydrogens (primary N) is 1. The first-order chi connectivity index (χ1) is 15.1. The maximum atomic E-state index is 13.2. The Morgan fingerprint density at radius 1 is 1.34 bits per heavy atom. The van der Waals surface area contributed by atoms with Crippen molar-refractivity contribution in [1.82, 2.24) is 15.0 Å². The van der Waals surface area contributed by atoms with Gasteiger partial charge >= 0.3 is 6.18 Å². The van der Waals surface area contributed by atoms with Crippen molar-refractivity contribution in [2.45, 2.75) is 25.7 Å². The first kappa shape index (κ1) is 22.2. The zero-order chi connectivity index (χ0) is 23.2. The number of hydrogen-bond donors (Lipinski definition) is 3. The maximum Gasteiger partial charge on any atom is 0.416 e. The van der Waals surface area contributed by atoms with Crippen LogP contribution in [0.4, 0.5) is 24.9 Å². The molecule has 1 atom stereocenters. The molecule has 3 aromatic rings. The monoisotopic (exact) mass is 468 g/mol. The summed E-state index contributed by atoms with van der Waals surface area (Å²) in [5.74, 6) is -0.0318. The lowest BCUT2D eigenvalue weighted by molar-refractivity contribution is -0.137. The molecule has 1 aliphatic rings. The number of halogens is 4. The third-order valence-corrected chi connectivity index (χ3v) is 5.71. The van der Waals surface area contributed by atoms with Crippen LogP contribution in [0, 0.1) is 0 Å². The average molecular weight is 469 g/mol. The SMILES string of the molecule is C[C@@H]1CN(c2ncc(CO)cc2Cl)CCN1c1nc2cc(C(F)(F)F)cc(C(N)=O)c2[nH]1. The molecule has 4 rings (SSSR count). The Morgan fingerprint density at radius 3 is 2.69 bits per heavy atom. The number of benzene rings is 1. The summed E-state index contributed by atoms with van der Waals surface area (Å²) in [4.78, 5) is 27.3. The summed E-state index contributed by atoms with van der Waals surface area (Å²) in [6, 6.07) is 3.19. The van der Waals surface area contributed by atoms with E-state index in [1.807, 2.05) is 16.7 Å². The van der Waals surface area contributed by atoms with Crippen molar-refractivity contribution in [2.75, 3.05) is 29.4 Å². The molecule has 0 aliphatic carbocycles. The fraction of sp³-hybridized carbons (Fsp3) is 0.350. The molecule has 0 bridgehead atoms.